The minimum Gasteiger partial charge on any atom is -0.328 e. The average molecular weight is 180 g/mol. The highest BCUT2D eigenvalue weighted by molar-refractivity contribution is 5.15. The van der Waals surface area contributed by atoms with E-state index in [9.17, 15) is 0 Å². The molecule has 0 heterocycles. The van der Waals surface area contributed by atoms with Gasteiger partial charge in [-0.1, -0.05) is 30.3 Å². The van der Waals surface area contributed by atoms with Gasteiger partial charge in [-0.15, -0.1) is 0 Å². The minimum atomic E-state index is 0.266. The molecule has 0 saturated heterocycles. The molecule has 0 bridgehead atoms. The smallest absolute Gasteiger partial charge is 0.00509 e. The summed E-state index contributed by atoms with van der Waals surface area (Å²) in [6.45, 7) is 2.02. The van der Waals surface area contributed by atoms with E-state index >= 15 is 0 Å². The first-order valence-corrected chi connectivity index (χ1v) is 4.58. The molecule has 74 valence electrons. The van der Waals surface area contributed by atoms with Gasteiger partial charge in [0.1, 0.15) is 0 Å². The summed E-state index contributed by atoms with van der Waals surface area (Å²) in [7, 11) is 3.75. The summed E-state index contributed by atoms with van der Waals surface area (Å²) in [6.07, 6.45) is 0.973. The van der Waals surface area contributed by atoms with Crippen molar-refractivity contribution in [2.24, 2.45) is 5.73 Å². The molecule has 3 N–H and O–H groups in total. The number of rotatable bonds is 2. The van der Waals surface area contributed by atoms with Crippen LogP contribution in [0.15, 0.2) is 30.3 Å². The van der Waals surface area contributed by atoms with Crippen molar-refractivity contribution in [2.45, 2.75) is 19.4 Å². The fourth-order valence-corrected chi connectivity index (χ4v) is 0.986. The second kappa shape index (κ2) is 7.77. The van der Waals surface area contributed by atoms with E-state index in [1.165, 1.54) is 5.56 Å². The van der Waals surface area contributed by atoms with Gasteiger partial charge in [-0.25, -0.2) is 0 Å². The Labute approximate surface area is 81.2 Å². The topological polar surface area (TPSA) is 38.0 Å². The fraction of sp³-hybridized carbons (Fsp3) is 0.455. The second-order valence-electron chi connectivity index (χ2n) is 3.17. The molecule has 0 amide bonds. The lowest BCUT2D eigenvalue weighted by Crippen LogP contribution is -2.17. The molecule has 13 heavy (non-hydrogen) atoms. The molecular weight excluding hydrogens is 160 g/mol. The van der Waals surface area contributed by atoms with E-state index < -0.39 is 0 Å². The summed E-state index contributed by atoms with van der Waals surface area (Å²) in [5.41, 5.74) is 6.94. The second-order valence-corrected chi connectivity index (χ2v) is 3.17. The van der Waals surface area contributed by atoms with Gasteiger partial charge in [-0.2, -0.15) is 0 Å². The predicted molar refractivity (Wildman–Crippen MR) is 58.8 cm³/mol. The van der Waals surface area contributed by atoms with Crippen molar-refractivity contribution in [1.29, 1.82) is 0 Å². The zero-order chi connectivity index (χ0) is 10.1. The molecule has 0 spiro atoms. The Kier molecular flexibility index (Phi) is 7.26. The van der Waals surface area contributed by atoms with Crippen LogP contribution in [-0.4, -0.2) is 20.1 Å². The van der Waals surface area contributed by atoms with Gasteiger partial charge in [0.25, 0.3) is 0 Å². The summed E-state index contributed by atoms with van der Waals surface area (Å²) >= 11 is 0. The molecule has 1 atom stereocenters. The SMILES string of the molecule is CNC.C[C@H](N)Cc1ccccc1. The third-order valence-electron chi connectivity index (χ3n) is 1.40. The quantitative estimate of drug-likeness (QED) is 0.722. The van der Waals surface area contributed by atoms with Crippen molar-refractivity contribution in [3.63, 3.8) is 0 Å². The van der Waals surface area contributed by atoms with Crippen LogP contribution < -0.4 is 11.1 Å². The highest BCUT2D eigenvalue weighted by Crippen LogP contribution is 2.00. The molecule has 0 unspecified atom stereocenters. The molecular formula is C11H20N2. The molecule has 2 heteroatoms. The van der Waals surface area contributed by atoms with E-state index in [0.717, 1.165) is 6.42 Å². The molecule has 0 aliphatic carbocycles. The monoisotopic (exact) mass is 180 g/mol. The van der Waals surface area contributed by atoms with E-state index in [0.29, 0.717) is 0 Å². The van der Waals surface area contributed by atoms with Gasteiger partial charge in [0, 0.05) is 6.04 Å². The van der Waals surface area contributed by atoms with Crippen LogP contribution in [-0.2, 0) is 6.42 Å². The lowest BCUT2D eigenvalue weighted by Gasteiger charge is -2.02. The van der Waals surface area contributed by atoms with Gasteiger partial charge in [0.15, 0.2) is 0 Å². The molecule has 0 saturated carbocycles. The third-order valence-corrected chi connectivity index (χ3v) is 1.40. The normalized spacial score (nSPS) is 11.4. The Morgan fingerprint density at radius 3 is 2.08 bits per heavy atom. The maximum atomic E-state index is 5.62. The Hall–Kier alpha value is -0.860. The summed E-state index contributed by atoms with van der Waals surface area (Å²) < 4.78 is 0. The molecule has 1 aromatic carbocycles. The minimum absolute atomic E-state index is 0.266. The number of hydrogen-bond acceptors (Lipinski definition) is 2. The van der Waals surface area contributed by atoms with Gasteiger partial charge in [-0.3, -0.25) is 0 Å². The number of hydrogen-bond donors (Lipinski definition) is 2. The molecule has 0 radical (unpaired) electrons. The predicted octanol–water partition coefficient (Wildman–Crippen LogP) is 1.41. The molecule has 0 fully saturated rings. The van der Waals surface area contributed by atoms with E-state index in [-0.39, 0.29) is 6.04 Å². The van der Waals surface area contributed by atoms with Crippen LogP contribution in [0, 0.1) is 0 Å². The summed E-state index contributed by atoms with van der Waals surface area (Å²) in [4.78, 5) is 0. The van der Waals surface area contributed by atoms with Crippen molar-refractivity contribution in [3.05, 3.63) is 35.9 Å². The van der Waals surface area contributed by atoms with Gasteiger partial charge in [0.2, 0.25) is 0 Å². The van der Waals surface area contributed by atoms with Crippen LogP contribution in [0.5, 0.6) is 0 Å². The molecule has 1 aromatic rings. The van der Waals surface area contributed by atoms with Gasteiger partial charge < -0.3 is 11.1 Å². The first-order chi connectivity index (χ1) is 6.20. The standard InChI is InChI=1S/C9H13N.C2H7N/c1-8(10)7-9-5-3-2-4-6-9;1-3-2/h2-6,8H,7,10H2,1H3;3H,1-2H3/t8-;/m0./s1. The molecule has 0 aliphatic rings. The first-order valence-electron chi connectivity index (χ1n) is 4.58. The lowest BCUT2D eigenvalue weighted by molar-refractivity contribution is 0.738. The van der Waals surface area contributed by atoms with E-state index in [2.05, 4.69) is 17.4 Å². The van der Waals surface area contributed by atoms with Crippen LogP contribution in [0.4, 0.5) is 0 Å². The summed E-state index contributed by atoms with van der Waals surface area (Å²) in [6, 6.07) is 10.6. The highest BCUT2D eigenvalue weighted by Gasteiger charge is 1.94. The van der Waals surface area contributed by atoms with Gasteiger partial charge >= 0.3 is 0 Å². The number of nitrogens with one attached hydrogen (secondary N) is 1. The van der Waals surface area contributed by atoms with Gasteiger partial charge in [0.05, 0.1) is 0 Å². The third kappa shape index (κ3) is 7.50. The lowest BCUT2D eigenvalue weighted by atomic mass is 10.1. The zero-order valence-corrected chi connectivity index (χ0v) is 8.75. The van der Waals surface area contributed by atoms with E-state index in [1.807, 2.05) is 39.2 Å². The van der Waals surface area contributed by atoms with Crippen LogP contribution in [0.2, 0.25) is 0 Å². The van der Waals surface area contributed by atoms with Crippen LogP contribution in [0.1, 0.15) is 12.5 Å². The average Bonchev–Trinajstić information content (AvgIpc) is 2.06. The van der Waals surface area contributed by atoms with Crippen LogP contribution in [0.3, 0.4) is 0 Å². The van der Waals surface area contributed by atoms with Crippen molar-refractivity contribution < 1.29 is 0 Å². The van der Waals surface area contributed by atoms with Crippen molar-refractivity contribution in [3.8, 4) is 0 Å². The first kappa shape index (κ1) is 12.1. The van der Waals surface area contributed by atoms with Crippen molar-refractivity contribution >= 4 is 0 Å². The van der Waals surface area contributed by atoms with Crippen molar-refractivity contribution in [2.75, 3.05) is 14.1 Å². The molecule has 0 aliphatic heterocycles. The van der Waals surface area contributed by atoms with E-state index in [1.54, 1.807) is 0 Å². The number of benzene rings is 1. The summed E-state index contributed by atoms with van der Waals surface area (Å²) in [5, 5.41) is 2.75. The number of nitrogens with two attached hydrogens (primary N) is 1. The molecule has 1 rings (SSSR count). The molecule has 2 nitrogen and oxygen atoms in total. The Morgan fingerprint density at radius 1 is 1.23 bits per heavy atom. The Balaban J connectivity index is 0.000000424. The largest absolute Gasteiger partial charge is 0.328 e. The summed E-state index contributed by atoms with van der Waals surface area (Å²) in [5.74, 6) is 0. The Morgan fingerprint density at radius 2 is 1.69 bits per heavy atom. The van der Waals surface area contributed by atoms with Gasteiger partial charge in [-0.05, 0) is 33.0 Å². The Bertz CT molecular complexity index is 195. The van der Waals surface area contributed by atoms with Crippen LogP contribution >= 0.6 is 0 Å². The molecule has 0 aromatic heterocycles. The maximum absolute atomic E-state index is 5.62. The maximum Gasteiger partial charge on any atom is 0.00509 e. The fourth-order valence-electron chi connectivity index (χ4n) is 0.986. The van der Waals surface area contributed by atoms with Crippen LogP contribution in [0.25, 0.3) is 0 Å². The highest BCUT2D eigenvalue weighted by atomic mass is 14.7. The van der Waals surface area contributed by atoms with E-state index in [4.69, 9.17) is 5.73 Å². The zero-order valence-electron chi connectivity index (χ0n) is 8.75. The van der Waals surface area contributed by atoms with Crippen molar-refractivity contribution in [1.82, 2.24) is 5.32 Å².